The molecule has 1 aliphatic rings. The van der Waals surface area contributed by atoms with E-state index in [2.05, 4.69) is 15.6 Å². The van der Waals surface area contributed by atoms with E-state index in [1.54, 1.807) is 20.8 Å². The van der Waals surface area contributed by atoms with Crippen molar-refractivity contribution < 1.29 is 23.1 Å². The van der Waals surface area contributed by atoms with Crippen molar-refractivity contribution in [2.24, 2.45) is 0 Å². The first-order chi connectivity index (χ1) is 10.7. The van der Waals surface area contributed by atoms with Gasteiger partial charge in [-0.1, -0.05) is 0 Å². The fraction of sp³-hybridized carbons (Fsp3) is 0.643. The van der Waals surface area contributed by atoms with Crippen molar-refractivity contribution in [3.05, 3.63) is 15.6 Å². The second kappa shape index (κ2) is 8.17. The van der Waals surface area contributed by atoms with Crippen LogP contribution in [0.1, 0.15) is 46.7 Å². The molecule has 24 heavy (non-hydrogen) atoms. The Kier molecular flexibility index (Phi) is 7.06. The lowest BCUT2D eigenvalue weighted by molar-refractivity contribution is -0.124. The van der Waals surface area contributed by atoms with Gasteiger partial charge in [0.2, 0.25) is 5.91 Å². The molecule has 1 aromatic rings. The standard InChI is InChI=1S/C14H19F2N3O3S.ClH/c1-4-22-13(21)10-7(2)19-12(23-10)8(3)18-11(20)9-5-14(15,16)6-17-9;/h8-9,17H,4-6H2,1-3H3,(H,18,20);1H. The molecule has 0 saturated carbocycles. The van der Waals surface area contributed by atoms with Crippen LogP contribution >= 0.6 is 23.7 Å². The average molecular weight is 384 g/mol. The van der Waals surface area contributed by atoms with Gasteiger partial charge in [-0.3, -0.25) is 10.1 Å². The predicted molar refractivity (Wildman–Crippen MR) is 88.0 cm³/mol. The van der Waals surface area contributed by atoms with Gasteiger partial charge in [0.05, 0.1) is 30.9 Å². The van der Waals surface area contributed by atoms with E-state index >= 15 is 0 Å². The van der Waals surface area contributed by atoms with Crippen LogP contribution in [0, 0.1) is 6.92 Å². The molecule has 0 aromatic carbocycles. The third-order valence-corrected chi connectivity index (χ3v) is 4.75. The molecular weight excluding hydrogens is 364 g/mol. The number of thiazole rings is 1. The van der Waals surface area contributed by atoms with Crippen molar-refractivity contribution >= 4 is 35.6 Å². The molecule has 2 heterocycles. The highest BCUT2D eigenvalue weighted by Crippen LogP contribution is 2.27. The van der Waals surface area contributed by atoms with Gasteiger partial charge in [-0.15, -0.1) is 23.7 Å². The molecule has 2 atom stereocenters. The van der Waals surface area contributed by atoms with Crippen molar-refractivity contribution in [1.82, 2.24) is 15.6 Å². The number of alkyl halides is 2. The molecule has 2 rings (SSSR count). The molecule has 0 bridgehead atoms. The molecule has 1 amide bonds. The number of amides is 1. The SMILES string of the molecule is CCOC(=O)c1sc(C(C)NC(=O)C2CC(F)(F)CN2)nc1C.Cl. The largest absolute Gasteiger partial charge is 0.462 e. The van der Waals surface area contributed by atoms with Crippen LogP contribution in [-0.2, 0) is 9.53 Å². The number of carbonyl (C=O) groups excluding carboxylic acids is 2. The Morgan fingerprint density at radius 3 is 2.75 bits per heavy atom. The van der Waals surface area contributed by atoms with E-state index in [9.17, 15) is 18.4 Å². The van der Waals surface area contributed by atoms with Crippen LogP contribution in [0.2, 0.25) is 0 Å². The minimum absolute atomic E-state index is 0. The number of hydrogen-bond donors (Lipinski definition) is 2. The van der Waals surface area contributed by atoms with Gasteiger partial charge < -0.3 is 10.1 Å². The second-order valence-corrected chi connectivity index (χ2v) is 6.44. The number of halogens is 3. The van der Waals surface area contributed by atoms with Crippen molar-refractivity contribution in [2.75, 3.05) is 13.2 Å². The van der Waals surface area contributed by atoms with E-state index in [4.69, 9.17) is 4.74 Å². The third-order valence-electron chi connectivity index (χ3n) is 3.43. The number of aryl methyl sites for hydroxylation is 1. The quantitative estimate of drug-likeness (QED) is 0.762. The van der Waals surface area contributed by atoms with Crippen LogP contribution in [0.5, 0.6) is 0 Å². The summed E-state index contributed by atoms with van der Waals surface area (Å²) in [5.74, 6) is -3.82. The van der Waals surface area contributed by atoms with E-state index in [0.717, 1.165) is 11.3 Å². The van der Waals surface area contributed by atoms with Crippen LogP contribution in [0.4, 0.5) is 8.78 Å². The van der Waals surface area contributed by atoms with Crippen molar-refractivity contribution in [3.8, 4) is 0 Å². The number of esters is 1. The van der Waals surface area contributed by atoms with Gasteiger partial charge in [0.1, 0.15) is 9.88 Å². The van der Waals surface area contributed by atoms with Gasteiger partial charge in [0, 0.05) is 6.42 Å². The highest BCUT2D eigenvalue weighted by Gasteiger charge is 2.42. The molecule has 6 nitrogen and oxygen atoms in total. The van der Waals surface area contributed by atoms with Crippen molar-refractivity contribution in [2.45, 2.75) is 45.2 Å². The lowest BCUT2D eigenvalue weighted by atomic mass is 10.1. The van der Waals surface area contributed by atoms with Crippen LogP contribution in [0.3, 0.4) is 0 Å². The number of hydrogen-bond acceptors (Lipinski definition) is 6. The van der Waals surface area contributed by atoms with Gasteiger partial charge in [-0.2, -0.15) is 0 Å². The summed E-state index contributed by atoms with van der Waals surface area (Å²) in [5.41, 5.74) is 0.523. The molecule has 2 unspecified atom stereocenters. The minimum atomic E-state index is -2.86. The van der Waals surface area contributed by atoms with Crippen molar-refractivity contribution in [3.63, 3.8) is 0 Å². The summed E-state index contributed by atoms with van der Waals surface area (Å²) in [5, 5.41) is 5.68. The average Bonchev–Trinajstić information content (AvgIpc) is 3.02. The summed E-state index contributed by atoms with van der Waals surface area (Å²) in [6.45, 7) is 4.85. The van der Waals surface area contributed by atoms with E-state index in [1.165, 1.54) is 0 Å². The Morgan fingerprint density at radius 2 is 2.21 bits per heavy atom. The smallest absolute Gasteiger partial charge is 0.350 e. The first-order valence-corrected chi connectivity index (χ1v) is 8.11. The maximum atomic E-state index is 13.1. The molecule has 1 saturated heterocycles. The highest BCUT2D eigenvalue weighted by molar-refractivity contribution is 7.13. The lowest BCUT2D eigenvalue weighted by Crippen LogP contribution is -2.41. The normalized spacial score (nSPS) is 20.1. The number of aromatic nitrogens is 1. The monoisotopic (exact) mass is 383 g/mol. The number of carbonyl (C=O) groups is 2. The summed E-state index contributed by atoms with van der Waals surface area (Å²) >= 11 is 1.13. The maximum Gasteiger partial charge on any atom is 0.350 e. The zero-order valence-corrected chi connectivity index (χ0v) is 15.2. The summed E-state index contributed by atoms with van der Waals surface area (Å²) in [4.78, 5) is 28.4. The number of ether oxygens (including phenoxy) is 1. The first-order valence-electron chi connectivity index (χ1n) is 7.29. The fourth-order valence-electron chi connectivity index (χ4n) is 2.27. The Balaban J connectivity index is 0.00000288. The maximum absolute atomic E-state index is 13.1. The Bertz CT molecular complexity index is 612. The van der Waals surface area contributed by atoms with Gasteiger partial charge in [0.15, 0.2) is 0 Å². The molecule has 0 spiro atoms. The van der Waals surface area contributed by atoms with Gasteiger partial charge in [-0.05, 0) is 20.8 Å². The minimum Gasteiger partial charge on any atom is -0.462 e. The molecule has 1 fully saturated rings. The van der Waals surface area contributed by atoms with Crippen LogP contribution in [-0.4, -0.2) is 42.0 Å². The zero-order chi connectivity index (χ0) is 17.2. The van der Waals surface area contributed by atoms with Gasteiger partial charge in [-0.25, -0.2) is 18.6 Å². The Morgan fingerprint density at radius 1 is 1.54 bits per heavy atom. The highest BCUT2D eigenvalue weighted by atomic mass is 35.5. The van der Waals surface area contributed by atoms with Crippen LogP contribution in [0.25, 0.3) is 0 Å². The number of rotatable bonds is 5. The molecule has 2 N–H and O–H groups in total. The molecule has 1 aliphatic heterocycles. The van der Waals surface area contributed by atoms with E-state index in [0.29, 0.717) is 15.6 Å². The zero-order valence-electron chi connectivity index (χ0n) is 13.5. The van der Waals surface area contributed by atoms with E-state index in [-0.39, 0.29) is 19.0 Å². The van der Waals surface area contributed by atoms with Gasteiger partial charge >= 0.3 is 5.97 Å². The summed E-state index contributed by atoms with van der Waals surface area (Å²) < 4.78 is 31.2. The molecule has 1 aromatic heterocycles. The molecule has 0 aliphatic carbocycles. The Labute approximate surface area is 148 Å². The number of nitrogens with one attached hydrogen (secondary N) is 2. The molecular formula is C14H20ClF2N3O3S. The Hall–Kier alpha value is -1.32. The molecule has 136 valence electrons. The summed E-state index contributed by atoms with van der Waals surface area (Å²) in [6.07, 6.45) is -0.517. The van der Waals surface area contributed by atoms with Crippen LogP contribution < -0.4 is 10.6 Å². The van der Waals surface area contributed by atoms with Gasteiger partial charge in [0.25, 0.3) is 5.92 Å². The van der Waals surface area contributed by atoms with Crippen molar-refractivity contribution in [1.29, 1.82) is 0 Å². The van der Waals surface area contributed by atoms with Crippen LogP contribution in [0.15, 0.2) is 0 Å². The fourth-order valence-corrected chi connectivity index (χ4v) is 3.23. The molecule has 0 radical (unpaired) electrons. The lowest BCUT2D eigenvalue weighted by Gasteiger charge is -2.15. The third kappa shape index (κ3) is 4.84. The van der Waals surface area contributed by atoms with E-state index in [1.807, 2.05) is 0 Å². The number of nitrogens with zero attached hydrogens (tertiary/aromatic N) is 1. The summed E-state index contributed by atoms with van der Waals surface area (Å²) in [7, 11) is 0. The molecule has 10 heteroatoms. The predicted octanol–water partition coefficient (Wildman–Crippen LogP) is 2.22. The first kappa shape index (κ1) is 20.7. The second-order valence-electron chi connectivity index (χ2n) is 5.41. The topological polar surface area (TPSA) is 80.3 Å². The summed E-state index contributed by atoms with van der Waals surface area (Å²) in [6, 6.07) is -1.40. The van der Waals surface area contributed by atoms with E-state index < -0.39 is 42.8 Å².